The van der Waals surface area contributed by atoms with Crippen LogP contribution in [0.3, 0.4) is 0 Å². The van der Waals surface area contributed by atoms with E-state index in [1.807, 2.05) is 24.3 Å². The number of nitrogens with zero attached hydrogens (tertiary/aromatic N) is 4. The molecule has 0 fully saturated rings. The molecule has 6 heteroatoms. The molecule has 1 aromatic heterocycles. The molecule has 2 rings (SSSR count). The highest BCUT2D eigenvalue weighted by atomic mass is 32.2. The van der Waals surface area contributed by atoms with Crippen LogP contribution in [-0.2, 0) is 0 Å². The Hall–Kier alpha value is -1.76. The summed E-state index contributed by atoms with van der Waals surface area (Å²) in [5, 5.41) is 19.5. The maximum absolute atomic E-state index is 8.65. The minimum absolute atomic E-state index is 0.320. The van der Waals surface area contributed by atoms with Gasteiger partial charge in [0.2, 0.25) is 0 Å². The van der Waals surface area contributed by atoms with E-state index in [0.717, 1.165) is 15.9 Å². The average molecular weight is 272 g/mol. The smallest absolute Gasteiger partial charge is 0.190 e. The van der Waals surface area contributed by atoms with Gasteiger partial charge in [0, 0.05) is 5.39 Å². The molecule has 0 spiro atoms. The van der Waals surface area contributed by atoms with Crippen LogP contribution in [0.15, 0.2) is 34.4 Å². The molecule has 0 bridgehead atoms. The maximum atomic E-state index is 8.65. The lowest BCUT2D eigenvalue weighted by Crippen LogP contribution is -1.93. The third-order valence-electron chi connectivity index (χ3n) is 2.09. The van der Waals surface area contributed by atoms with Crippen molar-refractivity contribution >= 4 is 34.4 Å². The van der Waals surface area contributed by atoms with Gasteiger partial charge in [-0.1, -0.05) is 41.7 Å². The maximum Gasteiger partial charge on any atom is 0.190 e. The van der Waals surface area contributed by atoms with Crippen molar-refractivity contribution in [1.82, 2.24) is 9.97 Å². The number of hydrogen-bond donors (Lipinski definition) is 0. The third kappa shape index (κ3) is 2.92. The molecule has 18 heavy (non-hydrogen) atoms. The Morgan fingerprint density at radius 3 is 2.50 bits per heavy atom. The Morgan fingerprint density at radius 2 is 1.72 bits per heavy atom. The zero-order chi connectivity index (χ0) is 12.8. The zero-order valence-corrected chi connectivity index (χ0v) is 11.0. The van der Waals surface area contributed by atoms with Crippen LogP contribution >= 0.6 is 23.5 Å². The molecule has 0 amide bonds. The Balaban J connectivity index is 2.44. The molecule has 0 unspecified atom stereocenters. The molecule has 1 heterocycles. The molecule has 0 radical (unpaired) electrons. The fourth-order valence-electron chi connectivity index (χ4n) is 1.40. The molecule has 88 valence electrons. The lowest BCUT2D eigenvalue weighted by atomic mass is 10.2. The van der Waals surface area contributed by atoms with E-state index in [-0.39, 0.29) is 0 Å². The first-order chi connectivity index (χ1) is 8.85. The van der Waals surface area contributed by atoms with Crippen molar-refractivity contribution in [2.45, 2.75) is 10.2 Å². The van der Waals surface area contributed by atoms with Gasteiger partial charge in [-0.2, -0.15) is 10.5 Å². The molecule has 4 nitrogen and oxygen atoms in total. The van der Waals surface area contributed by atoms with Gasteiger partial charge < -0.3 is 0 Å². The van der Waals surface area contributed by atoms with E-state index in [4.69, 9.17) is 10.5 Å². The molecule has 2 aromatic rings. The van der Waals surface area contributed by atoms with Crippen molar-refractivity contribution in [3.05, 3.63) is 24.3 Å². The highest BCUT2D eigenvalue weighted by Gasteiger charge is 2.08. The van der Waals surface area contributed by atoms with Crippen LogP contribution in [0.25, 0.3) is 10.9 Å². The Morgan fingerprint density at radius 1 is 1.00 bits per heavy atom. The van der Waals surface area contributed by atoms with Crippen LogP contribution in [0.5, 0.6) is 0 Å². The van der Waals surface area contributed by atoms with Crippen molar-refractivity contribution in [3.8, 4) is 12.1 Å². The minimum Gasteiger partial charge on any atom is -0.222 e. The number of rotatable bonds is 4. The largest absolute Gasteiger partial charge is 0.222 e. The summed E-state index contributed by atoms with van der Waals surface area (Å²) in [4.78, 5) is 8.77. The van der Waals surface area contributed by atoms with Gasteiger partial charge in [-0.3, -0.25) is 0 Å². The summed E-state index contributed by atoms with van der Waals surface area (Å²) < 4.78 is 0. The Bertz CT molecular complexity index is 643. The van der Waals surface area contributed by atoms with Crippen LogP contribution in [0, 0.1) is 22.7 Å². The van der Waals surface area contributed by atoms with Gasteiger partial charge in [-0.25, -0.2) is 9.97 Å². The van der Waals surface area contributed by atoms with Gasteiger partial charge in [0.25, 0.3) is 0 Å². The van der Waals surface area contributed by atoms with Crippen LogP contribution in [0.4, 0.5) is 0 Å². The standard InChI is InChI=1S/C12H8N4S2/c13-5-7-17-11-9-3-1-2-4-10(9)15-12(16-11)18-8-6-14/h1-4H,7-8H2. The van der Waals surface area contributed by atoms with E-state index < -0.39 is 0 Å². The van der Waals surface area contributed by atoms with Crippen molar-refractivity contribution < 1.29 is 0 Å². The summed E-state index contributed by atoms with van der Waals surface area (Å²) >= 11 is 2.69. The molecule has 1 aromatic carbocycles. The van der Waals surface area contributed by atoms with Crippen molar-refractivity contribution in [3.63, 3.8) is 0 Å². The number of aromatic nitrogens is 2. The molecular weight excluding hydrogens is 264 g/mol. The van der Waals surface area contributed by atoms with Crippen LogP contribution < -0.4 is 0 Å². The van der Waals surface area contributed by atoms with Crippen LogP contribution in [0.1, 0.15) is 0 Å². The number of nitriles is 2. The minimum atomic E-state index is 0.320. The summed E-state index contributed by atoms with van der Waals surface area (Å²) in [5.74, 6) is 0.671. The number of thioether (sulfide) groups is 2. The van der Waals surface area contributed by atoms with Gasteiger partial charge >= 0.3 is 0 Å². The second-order valence-electron chi connectivity index (χ2n) is 3.22. The predicted molar refractivity (Wildman–Crippen MR) is 72.2 cm³/mol. The second kappa shape index (κ2) is 6.25. The second-order valence-corrected chi connectivity index (χ2v) is 5.13. The fourth-order valence-corrected chi connectivity index (χ4v) is 2.65. The normalized spacial score (nSPS) is 9.89. The van der Waals surface area contributed by atoms with E-state index >= 15 is 0 Å². The molecule has 0 aliphatic rings. The van der Waals surface area contributed by atoms with Crippen LogP contribution in [-0.4, -0.2) is 21.5 Å². The average Bonchev–Trinajstić information content (AvgIpc) is 2.42. The van der Waals surface area contributed by atoms with Gasteiger partial charge in [0.1, 0.15) is 5.03 Å². The first kappa shape index (κ1) is 12.7. The molecule has 0 aliphatic carbocycles. The SMILES string of the molecule is N#CCSc1nc(SCC#N)c2ccccc2n1. The number of benzene rings is 1. The van der Waals surface area contributed by atoms with Gasteiger partial charge in [-0.15, -0.1) is 0 Å². The topological polar surface area (TPSA) is 73.4 Å². The van der Waals surface area contributed by atoms with E-state index in [9.17, 15) is 0 Å². The number of para-hydroxylation sites is 1. The summed E-state index contributed by atoms with van der Waals surface area (Å²) in [6, 6.07) is 11.8. The third-order valence-corrected chi connectivity index (χ3v) is 3.66. The summed E-state index contributed by atoms with van der Waals surface area (Å²) in [5.41, 5.74) is 0.841. The zero-order valence-electron chi connectivity index (χ0n) is 9.33. The van der Waals surface area contributed by atoms with Crippen LogP contribution in [0.2, 0.25) is 0 Å². The number of hydrogen-bond acceptors (Lipinski definition) is 6. The summed E-state index contributed by atoms with van der Waals surface area (Å²) in [6.07, 6.45) is 0. The molecule has 0 saturated carbocycles. The molecule has 0 saturated heterocycles. The summed E-state index contributed by atoms with van der Waals surface area (Å²) in [7, 11) is 0. The lowest BCUT2D eigenvalue weighted by Gasteiger charge is -2.05. The highest BCUT2D eigenvalue weighted by Crippen LogP contribution is 2.27. The Kier molecular flexibility index (Phi) is 4.40. The van der Waals surface area contributed by atoms with Crippen molar-refractivity contribution in [2.24, 2.45) is 0 Å². The lowest BCUT2D eigenvalue weighted by molar-refractivity contribution is 0.933. The van der Waals surface area contributed by atoms with Gasteiger partial charge in [0.05, 0.1) is 29.2 Å². The predicted octanol–water partition coefficient (Wildman–Crippen LogP) is 2.86. The summed E-state index contributed by atoms with van der Waals surface area (Å²) in [6.45, 7) is 0. The van der Waals surface area contributed by atoms with E-state index in [1.54, 1.807) is 0 Å². The molecular formula is C12H8N4S2. The van der Waals surface area contributed by atoms with Gasteiger partial charge in [0.15, 0.2) is 5.16 Å². The molecule has 0 atom stereocenters. The number of fused-ring (bicyclic) bond motifs is 1. The van der Waals surface area contributed by atoms with Crippen molar-refractivity contribution in [1.29, 1.82) is 10.5 Å². The van der Waals surface area contributed by atoms with E-state index in [0.29, 0.717) is 16.7 Å². The quantitative estimate of drug-likeness (QED) is 0.484. The monoisotopic (exact) mass is 272 g/mol. The molecule has 0 N–H and O–H groups in total. The first-order valence-electron chi connectivity index (χ1n) is 5.11. The van der Waals surface area contributed by atoms with Gasteiger partial charge in [-0.05, 0) is 6.07 Å². The highest BCUT2D eigenvalue weighted by molar-refractivity contribution is 8.00. The fraction of sp³-hybridized carbons (Fsp3) is 0.167. The molecule has 0 aliphatic heterocycles. The Labute approximate surface area is 113 Å². The van der Waals surface area contributed by atoms with E-state index in [1.165, 1.54) is 23.5 Å². The van der Waals surface area contributed by atoms with E-state index in [2.05, 4.69) is 22.1 Å². The van der Waals surface area contributed by atoms with Crippen molar-refractivity contribution in [2.75, 3.05) is 11.5 Å². The first-order valence-corrected chi connectivity index (χ1v) is 7.08.